The molecule has 0 spiro atoms. The van der Waals surface area contributed by atoms with Crippen molar-refractivity contribution in [2.45, 2.75) is 65.5 Å². The lowest BCUT2D eigenvalue weighted by molar-refractivity contribution is -0.137. The fraction of sp³-hybridized carbons (Fsp3) is 0.625. The van der Waals surface area contributed by atoms with Crippen LogP contribution in [0.15, 0.2) is 10.9 Å². The number of aryl methyl sites for hydroxylation is 2. The normalized spacial score (nSPS) is 12.0. The second kappa shape index (κ2) is 9.07. The van der Waals surface area contributed by atoms with E-state index in [4.69, 9.17) is 5.11 Å². The van der Waals surface area contributed by atoms with Crippen molar-refractivity contribution in [1.82, 2.24) is 14.9 Å². The number of nitrogens with one attached hydrogen (secondary N) is 1. The van der Waals surface area contributed by atoms with Gasteiger partial charge in [0.2, 0.25) is 5.91 Å². The quantitative estimate of drug-likeness (QED) is 0.715. The highest BCUT2D eigenvalue weighted by atomic mass is 16.4. The van der Waals surface area contributed by atoms with Gasteiger partial charge in [-0.2, -0.15) is 4.98 Å². The maximum absolute atomic E-state index is 12.0. The number of carbonyl (C=O) groups excluding carboxylic acids is 1. The summed E-state index contributed by atoms with van der Waals surface area (Å²) in [6.07, 6.45) is 2.47. The van der Waals surface area contributed by atoms with Crippen molar-refractivity contribution in [3.63, 3.8) is 0 Å². The molecule has 0 aliphatic heterocycles. The summed E-state index contributed by atoms with van der Waals surface area (Å²) in [4.78, 5) is 38.5. The molecule has 2 N–H and O–H groups in total. The first-order valence-corrected chi connectivity index (χ1v) is 7.89. The second-order valence-corrected chi connectivity index (χ2v) is 5.73. The van der Waals surface area contributed by atoms with E-state index in [9.17, 15) is 14.4 Å². The zero-order valence-electron chi connectivity index (χ0n) is 14.0. The molecule has 0 aliphatic rings. The van der Waals surface area contributed by atoms with Gasteiger partial charge in [0.25, 0.3) is 0 Å². The largest absolute Gasteiger partial charge is 0.481 e. The van der Waals surface area contributed by atoms with Gasteiger partial charge in [-0.15, -0.1) is 0 Å². The highest BCUT2D eigenvalue weighted by Crippen LogP contribution is 2.06. The molecule has 0 saturated carbocycles. The number of hydrogen-bond acceptors (Lipinski definition) is 4. The zero-order chi connectivity index (χ0) is 17.4. The van der Waals surface area contributed by atoms with Gasteiger partial charge in [0.15, 0.2) is 0 Å². The molecule has 0 fully saturated rings. The van der Waals surface area contributed by atoms with Crippen LogP contribution in [-0.2, 0) is 16.1 Å². The van der Waals surface area contributed by atoms with Gasteiger partial charge in [-0.1, -0.05) is 19.8 Å². The number of carbonyl (C=O) groups is 2. The van der Waals surface area contributed by atoms with E-state index in [1.165, 1.54) is 4.57 Å². The molecule has 1 heterocycles. The van der Waals surface area contributed by atoms with Crippen LogP contribution in [0.2, 0.25) is 0 Å². The van der Waals surface area contributed by atoms with Crippen molar-refractivity contribution in [3.05, 3.63) is 27.9 Å². The smallest absolute Gasteiger partial charge is 0.347 e. The molecular weight excluding hydrogens is 298 g/mol. The summed E-state index contributed by atoms with van der Waals surface area (Å²) >= 11 is 0. The molecule has 1 aromatic heterocycles. The number of hydrogen-bond donors (Lipinski definition) is 2. The fourth-order valence-corrected chi connectivity index (χ4v) is 2.45. The van der Waals surface area contributed by atoms with Crippen LogP contribution in [0.25, 0.3) is 0 Å². The lowest BCUT2D eigenvalue weighted by Crippen LogP contribution is -2.37. The maximum Gasteiger partial charge on any atom is 0.347 e. The number of nitrogens with zero attached hydrogens (tertiary/aromatic N) is 2. The first-order chi connectivity index (χ1) is 10.8. The van der Waals surface area contributed by atoms with Gasteiger partial charge >= 0.3 is 11.7 Å². The van der Waals surface area contributed by atoms with Crippen molar-refractivity contribution in [1.29, 1.82) is 0 Å². The minimum Gasteiger partial charge on any atom is -0.481 e. The van der Waals surface area contributed by atoms with Gasteiger partial charge in [-0.3, -0.25) is 14.2 Å². The lowest BCUT2D eigenvalue weighted by Gasteiger charge is -2.17. The summed E-state index contributed by atoms with van der Waals surface area (Å²) in [6, 6.07) is 1.42. The Hall–Kier alpha value is -2.18. The van der Waals surface area contributed by atoms with E-state index in [0.29, 0.717) is 12.1 Å². The van der Waals surface area contributed by atoms with E-state index in [0.717, 1.165) is 18.5 Å². The van der Waals surface area contributed by atoms with Crippen molar-refractivity contribution in [2.24, 2.45) is 0 Å². The van der Waals surface area contributed by atoms with Gasteiger partial charge < -0.3 is 10.4 Å². The summed E-state index contributed by atoms with van der Waals surface area (Å²) in [5.74, 6) is -1.18. The zero-order valence-corrected chi connectivity index (χ0v) is 14.0. The van der Waals surface area contributed by atoms with E-state index in [1.807, 2.05) is 6.92 Å². The summed E-state index contributed by atoms with van der Waals surface area (Å²) in [7, 11) is 0. The monoisotopic (exact) mass is 323 g/mol. The number of rotatable bonds is 9. The number of carboxylic acids is 1. The average molecular weight is 323 g/mol. The predicted octanol–water partition coefficient (Wildman–Crippen LogP) is 1.40. The predicted molar refractivity (Wildman–Crippen MR) is 86.3 cm³/mol. The standard InChI is InChI=1S/C16H25N3O4/c1-4-5-6-13(10-15(21)22)18-14(20)7-8-19-12(3)9-11(2)17-16(19)23/h9,13H,4-8,10H2,1-3H3,(H,18,20)(H,21,22). The first-order valence-electron chi connectivity index (χ1n) is 7.89. The molecule has 7 heteroatoms. The highest BCUT2D eigenvalue weighted by Gasteiger charge is 2.16. The number of amides is 1. The van der Waals surface area contributed by atoms with Gasteiger partial charge in [0.05, 0.1) is 6.42 Å². The van der Waals surface area contributed by atoms with E-state index >= 15 is 0 Å². The van der Waals surface area contributed by atoms with Crippen LogP contribution < -0.4 is 11.0 Å². The first kappa shape index (κ1) is 18.9. The minimum absolute atomic E-state index is 0.0865. The van der Waals surface area contributed by atoms with Crippen LogP contribution in [0.1, 0.15) is 50.4 Å². The summed E-state index contributed by atoms with van der Waals surface area (Å²) < 4.78 is 1.45. The van der Waals surface area contributed by atoms with Crippen molar-refractivity contribution < 1.29 is 14.7 Å². The average Bonchev–Trinajstić information content (AvgIpc) is 2.42. The molecule has 1 unspecified atom stereocenters. The molecular formula is C16H25N3O4. The maximum atomic E-state index is 12.0. The summed E-state index contributed by atoms with van der Waals surface area (Å²) in [6.45, 7) is 5.79. The third-order valence-corrected chi connectivity index (χ3v) is 3.60. The van der Waals surface area contributed by atoms with Gasteiger partial charge in [-0.05, 0) is 26.3 Å². The third kappa shape index (κ3) is 6.63. The van der Waals surface area contributed by atoms with Crippen LogP contribution in [0, 0.1) is 13.8 Å². The van der Waals surface area contributed by atoms with Crippen LogP contribution in [0.3, 0.4) is 0 Å². The Morgan fingerprint density at radius 3 is 2.65 bits per heavy atom. The van der Waals surface area contributed by atoms with E-state index in [2.05, 4.69) is 10.3 Å². The van der Waals surface area contributed by atoms with Crippen LogP contribution in [0.4, 0.5) is 0 Å². The number of aromatic nitrogens is 2. The van der Waals surface area contributed by atoms with Crippen molar-refractivity contribution >= 4 is 11.9 Å². The topological polar surface area (TPSA) is 101 Å². The Morgan fingerprint density at radius 1 is 1.39 bits per heavy atom. The fourth-order valence-electron chi connectivity index (χ4n) is 2.45. The molecule has 7 nitrogen and oxygen atoms in total. The van der Waals surface area contributed by atoms with E-state index in [-0.39, 0.29) is 37.0 Å². The van der Waals surface area contributed by atoms with Crippen LogP contribution >= 0.6 is 0 Å². The molecule has 1 atom stereocenters. The number of unbranched alkanes of at least 4 members (excludes halogenated alkanes) is 1. The Bertz CT molecular complexity index is 610. The highest BCUT2D eigenvalue weighted by molar-refractivity contribution is 5.77. The number of carboxylic acid groups (broad SMARTS) is 1. The van der Waals surface area contributed by atoms with E-state index in [1.54, 1.807) is 19.9 Å². The molecule has 0 radical (unpaired) electrons. The van der Waals surface area contributed by atoms with Crippen molar-refractivity contribution in [2.75, 3.05) is 0 Å². The Balaban J connectivity index is 2.61. The SMILES string of the molecule is CCCCC(CC(=O)O)NC(=O)CCn1c(C)cc(C)nc1=O. The number of aliphatic carboxylic acids is 1. The Kier molecular flexibility index (Phi) is 7.44. The molecule has 0 bridgehead atoms. The molecule has 1 amide bonds. The molecule has 0 aromatic carbocycles. The molecule has 23 heavy (non-hydrogen) atoms. The van der Waals surface area contributed by atoms with Crippen LogP contribution in [-0.4, -0.2) is 32.6 Å². The van der Waals surface area contributed by atoms with Crippen molar-refractivity contribution in [3.8, 4) is 0 Å². The van der Waals surface area contributed by atoms with Gasteiger partial charge in [0, 0.05) is 30.4 Å². The Morgan fingerprint density at radius 2 is 2.09 bits per heavy atom. The summed E-state index contributed by atoms with van der Waals surface area (Å²) in [5.41, 5.74) is 1.03. The van der Waals surface area contributed by atoms with Crippen LogP contribution in [0.5, 0.6) is 0 Å². The molecule has 1 rings (SSSR count). The van der Waals surface area contributed by atoms with Gasteiger partial charge in [0.1, 0.15) is 0 Å². The third-order valence-electron chi connectivity index (χ3n) is 3.60. The second-order valence-electron chi connectivity index (χ2n) is 5.73. The molecule has 0 saturated heterocycles. The lowest BCUT2D eigenvalue weighted by atomic mass is 10.1. The van der Waals surface area contributed by atoms with E-state index < -0.39 is 5.97 Å². The molecule has 0 aliphatic carbocycles. The van der Waals surface area contributed by atoms with Gasteiger partial charge in [-0.25, -0.2) is 4.79 Å². The minimum atomic E-state index is -0.929. The Labute approximate surface area is 135 Å². The molecule has 128 valence electrons. The molecule has 1 aromatic rings. The summed E-state index contributed by atoms with van der Waals surface area (Å²) in [5, 5.41) is 11.6.